The van der Waals surface area contributed by atoms with Gasteiger partial charge in [0.1, 0.15) is 0 Å². The fourth-order valence-electron chi connectivity index (χ4n) is 4.35. The SMILES string of the molecule is [CH](c1ccccc1)c1cccc2c3c(ccc12)C1=C(CCC=C1)CC3. The summed E-state index contributed by atoms with van der Waals surface area (Å²) in [7, 11) is 0. The molecule has 0 spiro atoms. The van der Waals surface area contributed by atoms with Gasteiger partial charge in [-0.05, 0) is 64.3 Å². The van der Waals surface area contributed by atoms with Crippen molar-refractivity contribution in [2.24, 2.45) is 0 Å². The highest BCUT2D eigenvalue weighted by Crippen LogP contribution is 2.40. The molecule has 0 nitrogen and oxygen atoms in total. The van der Waals surface area contributed by atoms with Gasteiger partial charge in [-0.15, -0.1) is 0 Å². The van der Waals surface area contributed by atoms with Gasteiger partial charge in [0.05, 0.1) is 0 Å². The van der Waals surface area contributed by atoms with Gasteiger partial charge in [0, 0.05) is 6.42 Å². The highest BCUT2D eigenvalue weighted by atomic mass is 14.2. The van der Waals surface area contributed by atoms with Crippen molar-refractivity contribution in [3.8, 4) is 0 Å². The van der Waals surface area contributed by atoms with Crippen molar-refractivity contribution in [2.45, 2.75) is 25.7 Å². The summed E-state index contributed by atoms with van der Waals surface area (Å²) in [5.74, 6) is 0. The molecule has 1 radical (unpaired) electrons. The van der Waals surface area contributed by atoms with Crippen LogP contribution in [0.1, 0.15) is 41.5 Å². The van der Waals surface area contributed by atoms with Gasteiger partial charge in [-0.25, -0.2) is 0 Å². The molecule has 25 heavy (non-hydrogen) atoms. The van der Waals surface area contributed by atoms with Crippen molar-refractivity contribution in [2.75, 3.05) is 0 Å². The first-order valence-corrected chi connectivity index (χ1v) is 9.23. The molecule has 0 unspecified atom stereocenters. The molecular formula is C25H21. The number of hydrogen-bond donors (Lipinski definition) is 0. The molecule has 0 bridgehead atoms. The van der Waals surface area contributed by atoms with Crippen LogP contribution in [0.15, 0.2) is 78.4 Å². The molecule has 0 atom stereocenters. The van der Waals surface area contributed by atoms with Crippen molar-refractivity contribution in [3.63, 3.8) is 0 Å². The van der Waals surface area contributed by atoms with Gasteiger partial charge >= 0.3 is 0 Å². The Kier molecular flexibility index (Phi) is 3.56. The third-order valence-corrected chi connectivity index (χ3v) is 5.57. The van der Waals surface area contributed by atoms with Crippen LogP contribution >= 0.6 is 0 Å². The molecule has 3 aromatic carbocycles. The topological polar surface area (TPSA) is 0 Å². The zero-order valence-electron chi connectivity index (χ0n) is 14.3. The first-order chi connectivity index (χ1) is 12.4. The average Bonchev–Trinajstić information content (AvgIpc) is 2.68. The van der Waals surface area contributed by atoms with Crippen molar-refractivity contribution < 1.29 is 0 Å². The average molecular weight is 321 g/mol. The second kappa shape index (κ2) is 6.04. The summed E-state index contributed by atoms with van der Waals surface area (Å²) in [6.07, 6.45) is 11.8. The number of allylic oxidation sites excluding steroid dienone is 4. The maximum atomic E-state index is 2.35. The lowest BCUT2D eigenvalue weighted by Gasteiger charge is -2.25. The number of benzene rings is 3. The molecule has 0 aromatic heterocycles. The lowest BCUT2D eigenvalue weighted by Crippen LogP contribution is -2.07. The Hall–Kier alpha value is -2.60. The zero-order valence-corrected chi connectivity index (χ0v) is 14.3. The van der Waals surface area contributed by atoms with Crippen molar-refractivity contribution in [1.82, 2.24) is 0 Å². The Morgan fingerprint density at radius 1 is 0.720 bits per heavy atom. The molecule has 0 saturated carbocycles. The number of fused-ring (bicyclic) bond motifs is 4. The van der Waals surface area contributed by atoms with Crippen molar-refractivity contribution >= 4 is 16.3 Å². The van der Waals surface area contributed by atoms with Crippen LogP contribution in [-0.4, -0.2) is 0 Å². The fourth-order valence-corrected chi connectivity index (χ4v) is 4.35. The Morgan fingerprint density at radius 3 is 2.56 bits per heavy atom. The van der Waals surface area contributed by atoms with Crippen LogP contribution in [0.4, 0.5) is 0 Å². The minimum Gasteiger partial charge on any atom is -0.0836 e. The van der Waals surface area contributed by atoms with E-state index in [0.717, 1.165) is 0 Å². The van der Waals surface area contributed by atoms with Crippen LogP contribution in [0.5, 0.6) is 0 Å². The second-order valence-electron chi connectivity index (χ2n) is 7.05. The third-order valence-electron chi connectivity index (χ3n) is 5.57. The molecule has 0 heterocycles. The summed E-state index contributed by atoms with van der Waals surface area (Å²) in [6, 6.07) is 22.0. The molecule has 2 aliphatic rings. The highest BCUT2D eigenvalue weighted by molar-refractivity contribution is 5.96. The van der Waals surface area contributed by atoms with Gasteiger partial charge in [-0.3, -0.25) is 0 Å². The first kappa shape index (κ1) is 14.7. The van der Waals surface area contributed by atoms with Crippen LogP contribution in [0.3, 0.4) is 0 Å². The molecule has 121 valence electrons. The van der Waals surface area contributed by atoms with E-state index in [2.05, 4.69) is 79.2 Å². The largest absolute Gasteiger partial charge is 0.0836 e. The van der Waals surface area contributed by atoms with E-state index in [1.807, 2.05) is 0 Å². The van der Waals surface area contributed by atoms with E-state index in [1.165, 1.54) is 64.3 Å². The van der Waals surface area contributed by atoms with E-state index >= 15 is 0 Å². The zero-order chi connectivity index (χ0) is 16.6. The Morgan fingerprint density at radius 2 is 1.64 bits per heavy atom. The van der Waals surface area contributed by atoms with Crippen LogP contribution in [0.2, 0.25) is 0 Å². The van der Waals surface area contributed by atoms with Crippen LogP contribution in [0, 0.1) is 6.42 Å². The van der Waals surface area contributed by atoms with Crippen LogP contribution < -0.4 is 0 Å². The van der Waals surface area contributed by atoms with E-state index < -0.39 is 0 Å². The van der Waals surface area contributed by atoms with Crippen LogP contribution in [0.25, 0.3) is 16.3 Å². The van der Waals surface area contributed by atoms with Crippen molar-refractivity contribution in [3.05, 3.63) is 107 Å². The summed E-state index contributed by atoms with van der Waals surface area (Å²) >= 11 is 0. The summed E-state index contributed by atoms with van der Waals surface area (Å²) in [6.45, 7) is 0. The molecule has 0 amide bonds. The Balaban J connectivity index is 1.65. The molecule has 0 saturated heterocycles. The number of hydrogen-bond acceptors (Lipinski definition) is 0. The predicted molar refractivity (Wildman–Crippen MR) is 107 cm³/mol. The first-order valence-electron chi connectivity index (χ1n) is 9.23. The molecule has 2 aliphatic carbocycles. The highest BCUT2D eigenvalue weighted by Gasteiger charge is 2.21. The van der Waals surface area contributed by atoms with Gasteiger partial charge in [0.25, 0.3) is 0 Å². The minimum atomic E-state index is 1.17. The lowest BCUT2D eigenvalue weighted by atomic mass is 9.79. The third kappa shape index (κ3) is 2.53. The Labute approximate surface area is 149 Å². The van der Waals surface area contributed by atoms with E-state index in [9.17, 15) is 0 Å². The summed E-state index contributed by atoms with van der Waals surface area (Å²) in [5, 5.41) is 2.79. The van der Waals surface area contributed by atoms with Crippen LogP contribution in [-0.2, 0) is 6.42 Å². The molecule has 0 heteroatoms. The van der Waals surface area contributed by atoms with Gasteiger partial charge in [-0.1, -0.05) is 78.4 Å². The van der Waals surface area contributed by atoms with Gasteiger partial charge in [-0.2, -0.15) is 0 Å². The van der Waals surface area contributed by atoms with Gasteiger partial charge in [0.2, 0.25) is 0 Å². The minimum absolute atomic E-state index is 1.17. The van der Waals surface area contributed by atoms with E-state index in [-0.39, 0.29) is 0 Å². The summed E-state index contributed by atoms with van der Waals surface area (Å²) in [4.78, 5) is 0. The van der Waals surface area contributed by atoms with E-state index in [0.29, 0.717) is 0 Å². The molecular weight excluding hydrogens is 300 g/mol. The Bertz CT molecular complexity index is 1000. The monoisotopic (exact) mass is 321 g/mol. The maximum Gasteiger partial charge on any atom is 0.0205 e. The number of rotatable bonds is 2. The summed E-state index contributed by atoms with van der Waals surface area (Å²) < 4.78 is 0. The van der Waals surface area contributed by atoms with Crippen molar-refractivity contribution in [1.29, 1.82) is 0 Å². The summed E-state index contributed by atoms with van der Waals surface area (Å²) in [5.41, 5.74) is 8.71. The normalized spacial score (nSPS) is 16.0. The van der Waals surface area contributed by atoms with Gasteiger partial charge < -0.3 is 0 Å². The van der Waals surface area contributed by atoms with E-state index in [1.54, 1.807) is 5.57 Å². The number of aryl methyl sites for hydroxylation is 1. The predicted octanol–water partition coefficient (Wildman–Crippen LogP) is 6.49. The lowest BCUT2D eigenvalue weighted by molar-refractivity contribution is 0.831. The standard InChI is InChI=1S/C25H21/c1-2-7-18(8-3-1)17-20-10-6-12-23-22(20)15-16-24-21-11-5-4-9-19(21)13-14-25(23)24/h1-3,5-8,10-12,15-17H,4,9,13-14H2. The smallest absolute Gasteiger partial charge is 0.0205 e. The molecule has 0 aliphatic heterocycles. The molecule has 3 aromatic rings. The second-order valence-corrected chi connectivity index (χ2v) is 7.05. The van der Waals surface area contributed by atoms with E-state index in [4.69, 9.17) is 0 Å². The molecule has 0 N–H and O–H groups in total. The molecule has 5 rings (SSSR count). The van der Waals surface area contributed by atoms with Gasteiger partial charge in [0.15, 0.2) is 0 Å². The fraction of sp³-hybridized carbons (Fsp3) is 0.160. The maximum absolute atomic E-state index is 2.35. The molecule has 0 fully saturated rings. The quantitative estimate of drug-likeness (QED) is 0.506.